The molecule has 0 aliphatic heterocycles. The minimum Gasteiger partial charge on any atom is -0.494 e. The molecular formula is C17H24N2O5S. The molecule has 0 aliphatic carbocycles. The van der Waals surface area contributed by atoms with Crippen LogP contribution in [-0.2, 0) is 14.3 Å². The molecule has 1 aromatic carbocycles. The Kier molecular flexibility index (Phi) is 9.46. The normalized spacial score (nSPS) is 11.3. The molecule has 25 heavy (non-hydrogen) atoms. The molecule has 1 rings (SSSR count). The first-order chi connectivity index (χ1) is 12.0. The van der Waals surface area contributed by atoms with Crippen LogP contribution in [0.4, 0.5) is 0 Å². The van der Waals surface area contributed by atoms with Crippen LogP contribution in [0.3, 0.4) is 0 Å². The number of hydrogen-bond donors (Lipinski definition) is 2. The Hall–Kier alpha value is -2.22. The smallest absolute Gasteiger partial charge is 0.328 e. The van der Waals surface area contributed by atoms with Crippen LogP contribution in [-0.4, -0.2) is 56.1 Å². The Morgan fingerprint density at radius 1 is 1.20 bits per heavy atom. The second-order valence-electron chi connectivity index (χ2n) is 5.06. The van der Waals surface area contributed by atoms with Crippen LogP contribution < -0.4 is 15.4 Å². The van der Waals surface area contributed by atoms with Crippen LogP contribution in [0.15, 0.2) is 24.3 Å². The zero-order chi connectivity index (χ0) is 18.7. The van der Waals surface area contributed by atoms with Crippen molar-refractivity contribution in [2.75, 3.05) is 32.3 Å². The molecule has 2 amide bonds. The van der Waals surface area contributed by atoms with Gasteiger partial charge in [-0.3, -0.25) is 9.59 Å². The molecule has 0 unspecified atom stereocenters. The van der Waals surface area contributed by atoms with E-state index >= 15 is 0 Å². The Morgan fingerprint density at radius 2 is 1.88 bits per heavy atom. The van der Waals surface area contributed by atoms with E-state index in [2.05, 4.69) is 15.4 Å². The zero-order valence-corrected chi connectivity index (χ0v) is 15.5. The highest BCUT2D eigenvalue weighted by atomic mass is 32.2. The second kappa shape index (κ2) is 11.4. The van der Waals surface area contributed by atoms with Gasteiger partial charge in [-0.25, -0.2) is 4.79 Å². The van der Waals surface area contributed by atoms with Crippen molar-refractivity contribution in [2.45, 2.75) is 19.4 Å². The summed E-state index contributed by atoms with van der Waals surface area (Å²) in [5, 5.41) is 5.09. The number of hydrogen-bond acceptors (Lipinski definition) is 6. The Morgan fingerprint density at radius 3 is 2.44 bits per heavy atom. The van der Waals surface area contributed by atoms with Crippen molar-refractivity contribution in [3.05, 3.63) is 29.8 Å². The van der Waals surface area contributed by atoms with Gasteiger partial charge in [0.1, 0.15) is 11.8 Å². The maximum Gasteiger partial charge on any atom is 0.328 e. The Balaban J connectivity index is 2.50. The third-order valence-electron chi connectivity index (χ3n) is 3.27. The van der Waals surface area contributed by atoms with Crippen molar-refractivity contribution in [2.24, 2.45) is 0 Å². The van der Waals surface area contributed by atoms with Gasteiger partial charge in [-0.1, -0.05) is 0 Å². The standard InChI is InChI=1S/C17H24N2O5S/c1-4-24-13-7-5-12(6-8-13)16(21)18-11-15(20)19-14(9-10-25-3)17(22)23-2/h5-8,14H,4,9-11H2,1-3H3,(H,18,21)(H,19,20)/t14-/m0/s1. The van der Waals surface area contributed by atoms with Gasteiger partial charge in [0.15, 0.2) is 0 Å². The fourth-order valence-electron chi connectivity index (χ4n) is 2.00. The minimum atomic E-state index is -0.715. The molecule has 1 atom stereocenters. The summed E-state index contributed by atoms with van der Waals surface area (Å²) in [5.41, 5.74) is 0.420. The topological polar surface area (TPSA) is 93.7 Å². The maximum atomic E-state index is 12.0. The quantitative estimate of drug-likeness (QED) is 0.603. The summed E-state index contributed by atoms with van der Waals surface area (Å²) >= 11 is 1.57. The molecule has 0 aliphatic rings. The van der Waals surface area contributed by atoms with Crippen molar-refractivity contribution in [3.63, 3.8) is 0 Å². The van der Waals surface area contributed by atoms with E-state index in [0.717, 1.165) is 0 Å². The van der Waals surface area contributed by atoms with Crippen LogP contribution in [0.2, 0.25) is 0 Å². The van der Waals surface area contributed by atoms with Crippen LogP contribution in [0.1, 0.15) is 23.7 Å². The van der Waals surface area contributed by atoms with E-state index in [0.29, 0.717) is 30.1 Å². The van der Waals surface area contributed by atoms with Gasteiger partial charge in [0.2, 0.25) is 5.91 Å². The van der Waals surface area contributed by atoms with Crippen LogP contribution in [0.25, 0.3) is 0 Å². The summed E-state index contributed by atoms with van der Waals surface area (Å²) in [6.07, 6.45) is 2.37. The van der Waals surface area contributed by atoms with Crippen LogP contribution in [0, 0.1) is 0 Å². The lowest BCUT2D eigenvalue weighted by Crippen LogP contribution is -2.46. The van der Waals surface area contributed by atoms with Gasteiger partial charge < -0.3 is 20.1 Å². The molecule has 0 aromatic heterocycles. The number of carbonyl (C=O) groups is 3. The van der Waals surface area contributed by atoms with Gasteiger partial charge >= 0.3 is 5.97 Å². The van der Waals surface area contributed by atoms with Gasteiger partial charge in [-0.15, -0.1) is 0 Å². The van der Waals surface area contributed by atoms with Crippen molar-refractivity contribution >= 4 is 29.5 Å². The van der Waals surface area contributed by atoms with Crippen molar-refractivity contribution in [3.8, 4) is 5.75 Å². The number of methoxy groups -OCH3 is 1. The minimum absolute atomic E-state index is 0.223. The molecule has 2 N–H and O–H groups in total. The summed E-state index contributed by atoms with van der Waals surface area (Å²) in [4.78, 5) is 35.6. The average Bonchev–Trinajstić information content (AvgIpc) is 2.63. The summed E-state index contributed by atoms with van der Waals surface area (Å²) in [6.45, 7) is 2.20. The third-order valence-corrected chi connectivity index (χ3v) is 3.91. The number of carbonyl (C=O) groups excluding carboxylic acids is 3. The second-order valence-corrected chi connectivity index (χ2v) is 6.05. The lowest BCUT2D eigenvalue weighted by Gasteiger charge is -2.16. The molecule has 0 bridgehead atoms. The first kappa shape index (κ1) is 20.8. The highest BCUT2D eigenvalue weighted by molar-refractivity contribution is 7.98. The van der Waals surface area contributed by atoms with E-state index in [-0.39, 0.29) is 12.5 Å². The fourth-order valence-corrected chi connectivity index (χ4v) is 2.48. The summed E-state index contributed by atoms with van der Waals surface area (Å²) < 4.78 is 9.98. The van der Waals surface area contributed by atoms with Crippen molar-refractivity contribution < 1.29 is 23.9 Å². The van der Waals surface area contributed by atoms with E-state index in [1.165, 1.54) is 7.11 Å². The number of nitrogens with one attached hydrogen (secondary N) is 2. The molecule has 0 saturated carbocycles. The largest absolute Gasteiger partial charge is 0.494 e. The highest BCUT2D eigenvalue weighted by Gasteiger charge is 2.21. The van der Waals surface area contributed by atoms with E-state index in [4.69, 9.17) is 4.74 Å². The lowest BCUT2D eigenvalue weighted by molar-refractivity contribution is -0.145. The molecule has 0 radical (unpaired) electrons. The molecule has 0 spiro atoms. The Bertz CT molecular complexity index is 577. The number of esters is 1. The monoisotopic (exact) mass is 368 g/mol. The van der Waals surface area contributed by atoms with Crippen LogP contribution >= 0.6 is 11.8 Å². The molecule has 0 heterocycles. The van der Waals surface area contributed by atoms with Gasteiger partial charge in [-0.05, 0) is 49.6 Å². The van der Waals surface area contributed by atoms with Crippen LogP contribution in [0.5, 0.6) is 5.75 Å². The SMILES string of the molecule is CCOc1ccc(C(=O)NCC(=O)N[C@@H](CCSC)C(=O)OC)cc1. The van der Waals surface area contributed by atoms with E-state index in [1.807, 2.05) is 13.2 Å². The number of rotatable bonds is 10. The molecule has 7 nitrogen and oxygen atoms in total. The number of benzene rings is 1. The van der Waals surface area contributed by atoms with E-state index in [1.54, 1.807) is 36.0 Å². The molecule has 0 saturated heterocycles. The van der Waals surface area contributed by atoms with E-state index < -0.39 is 17.9 Å². The molecule has 1 aromatic rings. The summed E-state index contributed by atoms with van der Waals surface area (Å²) in [5.74, 6) is 0.0537. The molecule has 138 valence electrons. The fraction of sp³-hybridized carbons (Fsp3) is 0.471. The lowest BCUT2D eigenvalue weighted by atomic mass is 10.2. The number of ether oxygens (including phenoxy) is 2. The molecule has 8 heteroatoms. The van der Waals surface area contributed by atoms with Gasteiger partial charge in [0, 0.05) is 5.56 Å². The third kappa shape index (κ3) is 7.47. The Labute approximate surface area is 151 Å². The number of amides is 2. The van der Waals surface area contributed by atoms with Gasteiger partial charge in [0.25, 0.3) is 5.91 Å². The van der Waals surface area contributed by atoms with Gasteiger partial charge in [-0.2, -0.15) is 11.8 Å². The highest BCUT2D eigenvalue weighted by Crippen LogP contribution is 2.11. The summed E-state index contributed by atoms with van der Waals surface area (Å²) in [6, 6.07) is 5.90. The first-order valence-corrected chi connectivity index (χ1v) is 9.28. The van der Waals surface area contributed by atoms with Gasteiger partial charge in [0.05, 0.1) is 20.3 Å². The molecular weight excluding hydrogens is 344 g/mol. The van der Waals surface area contributed by atoms with E-state index in [9.17, 15) is 14.4 Å². The van der Waals surface area contributed by atoms with Crippen molar-refractivity contribution in [1.29, 1.82) is 0 Å². The van der Waals surface area contributed by atoms with Crippen molar-refractivity contribution in [1.82, 2.24) is 10.6 Å². The molecule has 0 fully saturated rings. The average molecular weight is 368 g/mol. The predicted octanol–water partition coefficient (Wildman–Crippen LogP) is 1.23. The maximum absolute atomic E-state index is 12.0. The zero-order valence-electron chi connectivity index (χ0n) is 14.7. The summed E-state index contributed by atoms with van der Waals surface area (Å²) in [7, 11) is 1.27. The number of thioether (sulfide) groups is 1. The first-order valence-electron chi connectivity index (χ1n) is 7.89. The predicted molar refractivity (Wildman–Crippen MR) is 96.9 cm³/mol.